The number of rotatable bonds is 7. The first-order valence-corrected chi connectivity index (χ1v) is 11.5. The summed E-state index contributed by atoms with van der Waals surface area (Å²) in [4.78, 5) is 16.2. The quantitative estimate of drug-likeness (QED) is 0.541. The zero-order valence-electron chi connectivity index (χ0n) is 17.8. The van der Waals surface area contributed by atoms with E-state index in [0.717, 1.165) is 23.4 Å². The van der Waals surface area contributed by atoms with Gasteiger partial charge in [-0.2, -0.15) is 0 Å². The van der Waals surface area contributed by atoms with E-state index in [9.17, 15) is 17.6 Å². The third-order valence-corrected chi connectivity index (χ3v) is 6.65. The van der Waals surface area contributed by atoms with Crippen molar-refractivity contribution in [2.75, 3.05) is 30.8 Å². The van der Waals surface area contributed by atoms with E-state index >= 15 is 0 Å². The van der Waals surface area contributed by atoms with Crippen LogP contribution in [0.1, 0.15) is 15.9 Å². The summed E-state index contributed by atoms with van der Waals surface area (Å²) in [6, 6.07) is 16.7. The van der Waals surface area contributed by atoms with Gasteiger partial charge in [-0.1, -0.05) is 23.7 Å². The number of hydrogen-bond acceptors (Lipinski definition) is 4. The standard InChI is InChI=1S/C23H23ClFN3O3S/c1-27(2)20-11-4-16(5-12-20)15-28(3)23(29)17-6-13-21(24)22(14-17)32(30,31)26-19-9-7-18(25)8-10-19/h4-14,26H,15H2,1-3H3. The molecular weight excluding hydrogens is 453 g/mol. The molecule has 0 spiro atoms. The number of halogens is 2. The number of benzene rings is 3. The largest absolute Gasteiger partial charge is 0.378 e. The van der Waals surface area contributed by atoms with E-state index in [-0.39, 0.29) is 27.1 Å². The molecule has 6 nitrogen and oxygen atoms in total. The van der Waals surface area contributed by atoms with Crippen LogP contribution < -0.4 is 9.62 Å². The van der Waals surface area contributed by atoms with Crippen molar-refractivity contribution in [3.8, 4) is 0 Å². The molecule has 0 aromatic heterocycles. The molecule has 0 heterocycles. The topological polar surface area (TPSA) is 69.7 Å². The maximum atomic E-state index is 13.1. The first-order valence-electron chi connectivity index (χ1n) is 9.66. The molecule has 1 amide bonds. The summed E-state index contributed by atoms with van der Waals surface area (Å²) in [7, 11) is 1.44. The summed E-state index contributed by atoms with van der Waals surface area (Å²) in [5.41, 5.74) is 2.34. The van der Waals surface area contributed by atoms with Crippen molar-refractivity contribution in [3.63, 3.8) is 0 Å². The number of carbonyl (C=O) groups excluding carboxylic acids is 1. The fourth-order valence-electron chi connectivity index (χ4n) is 3.04. The third-order valence-electron chi connectivity index (χ3n) is 4.78. The minimum Gasteiger partial charge on any atom is -0.378 e. The molecule has 0 atom stereocenters. The normalized spacial score (nSPS) is 11.2. The Balaban J connectivity index is 1.80. The van der Waals surface area contributed by atoms with Gasteiger partial charge in [0.15, 0.2) is 0 Å². The minimum atomic E-state index is -4.09. The Morgan fingerprint density at radius 2 is 1.59 bits per heavy atom. The molecule has 0 fully saturated rings. The summed E-state index contributed by atoms with van der Waals surface area (Å²) in [6.07, 6.45) is 0. The molecule has 0 aliphatic rings. The van der Waals surface area contributed by atoms with Crippen molar-refractivity contribution in [1.82, 2.24) is 4.90 Å². The van der Waals surface area contributed by atoms with Crippen LogP contribution in [0.25, 0.3) is 0 Å². The fraction of sp³-hybridized carbons (Fsp3) is 0.174. The average Bonchev–Trinajstić information content (AvgIpc) is 2.75. The van der Waals surface area contributed by atoms with Crippen molar-refractivity contribution in [3.05, 3.63) is 88.7 Å². The van der Waals surface area contributed by atoms with Crippen LogP contribution in [-0.4, -0.2) is 40.4 Å². The number of hydrogen-bond donors (Lipinski definition) is 1. The molecule has 0 bridgehead atoms. The number of sulfonamides is 1. The molecule has 1 N–H and O–H groups in total. The Hall–Kier alpha value is -3.10. The Bertz CT molecular complexity index is 1210. The van der Waals surface area contributed by atoms with Crippen molar-refractivity contribution >= 4 is 38.9 Å². The van der Waals surface area contributed by atoms with Crippen molar-refractivity contribution in [1.29, 1.82) is 0 Å². The second kappa shape index (κ2) is 9.58. The number of amides is 1. The molecule has 0 unspecified atom stereocenters. The smallest absolute Gasteiger partial charge is 0.263 e. The van der Waals surface area contributed by atoms with Crippen molar-refractivity contribution in [2.24, 2.45) is 0 Å². The molecule has 168 valence electrons. The van der Waals surface area contributed by atoms with Crippen molar-refractivity contribution < 1.29 is 17.6 Å². The molecule has 3 aromatic rings. The highest BCUT2D eigenvalue weighted by molar-refractivity contribution is 7.92. The lowest BCUT2D eigenvalue weighted by Crippen LogP contribution is -2.26. The van der Waals surface area contributed by atoms with E-state index < -0.39 is 15.8 Å². The van der Waals surface area contributed by atoms with Gasteiger partial charge in [-0.25, -0.2) is 12.8 Å². The predicted octanol–water partition coefficient (Wildman–Crippen LogP) is 4.62. The van der Waals surface area contributed by atoms with Gasteiger partial charge in [-0.05, 0) is 60.2 Å². The van der Waals surface area contributed by atoms with Crippen LogP contribution >= 0.6 is 11.6 Å². The maximum Gasteiger partial charge on any atom is 0.263 e. The summed E-state index contributed by atoms with van der Waals surface area (Å²) >= 11 is 6.12. The lowest BCUT2D eigenvalue weighted by molar-refractivity contribution is 0.0785. The Labute approximate surface area is 192 Å². The van der Waals surface area contributed by atoms with E-state index in [1.54, 1.807) is 7.05 Å². The van der Waals surface area contributed by atoms with Crippen LogP contribution in [0.15, 0.2) is 71.6 Å². The number of nitrogens with one attached hydrogen (secondary N) is 1. The molecule has 32 heavy (non-hydrogen) atoms. The molecule has 3 rings (SSSR count). The Kier molecular flexibility index (Phi) is 7.06. The van der Waals surface area contributed by atoms with E-state index in [0.29, 0.717) is 6.54 Å². The Morgan fingerprint density at radius 1 is 0.969 bits per heavy atom. The monoisotopic (exact) mass is 475 g/mol. The molecule has 0 saturated heterocycles. The number of carbonyl (C=O) groups is 1. The van der Waals surface area contributed by atoms with Gasteiger partial charge in [0.2, 0.25) is 0 Å². The first-order chi connectivity index (χ1) is 15.1. The van der Waals surface area contributed by atoms with Crippen LogP contribution in [0.2, 0.25) is 5.02 Å². The zero-order chi connectivity index (χ0) is 23.5. The predicted molar refractivity (Wildman–Crippen MR) is 125 cm³/mol. The molecule has 9 heteroatoms. The molecular formula is C23H23ClFN3O3S. The summed E-state index contributed by atoms with van der Waals surface area (Å²) < 4.78 is 41.1. The van der Waals surface area contributed by atoms with Gasteiger partial charge in [0.1, 0.15) is 10.7 Å². The van der Waals surface area contributed by atoms with Crippen molar-refractivity contribution in [2.45, 2.75) is 11.4 Å². The van der Waals surface area contributed by atoms with Crippen LogP contribution in [0.3, 0.4) is 0 Å². The van der Waals surface area contributed by atoms with Gasteiger partial charge in [0, 0.05) is 44.6 Å². The van der Waals surface area contributed by atoms with Gasteiger partial charge < -0.3 is 9.80 Å². The lowest BCUT2D eigenvalue weighted by atomic mass is 10.1. The van der Waals surface area contributed by atoms with E-state index in [4.69, 9.17) is 11.6 Å². The van der Waals surface area contributed by atoms with Gasteiger partial charge in [-0.15, -0.1) is 0 Å². The lowest BCUT2D eigenvalue weighted by Gasteiger charge is -2.19. The highest BCUT2D eigenvalue weighted by Gasteiger charge is 2.22. The van der Waals surface area contributed by atoms with Gasteiger partial charge in [0.05, 0.1) is 5.02 Å². The van der Waals surface area contributed by atoms with E-state index in [1.165, 1.54) is 35.2 Å². The fourth-order valence-corrected chi connectivity index (χ4v) is 4.62. The first kappa shape index (κ1) is 23.6. The van der Waals surface area contributed by atoms with Gasteiger partial charge >= 0.3 is 0 Å². The molecule has 0 radical (unpaired) electrons. The van der Waals surface area contributed by atoms with Crippen LogP contribution in [0.5, 0.6) is 0 Å². The third kappa shape index (κ3) is 5.57. The summed E-state index contributed by atoms with van der Waals surface area (Å²) in [6.45, 7) is 0.352. The van der Waals surface area contributed by atoms with E-state index in [1.807, 2.05) is 43.3 Å². The second-order valence-electron chi connectivity index (χ2n) is 7.48. The van der Waals surface area contributed by atoms with E-state index in [2.05, 4.69) is 4.72 Å². The van der Waals surface area contributed by atoms with Gasteiger partial charge in [-0.3, -0.25) is 9.52 Å². The number of anilines is 2. The Morgan fingerprint density at radius 3 is 2.19 bits per heavy atom. The minimum absolute atomic E-state index is 0.0295. The SMILES string of the molecule is CN(Cc1ccc(N(C)C)cc1)C(=O)c1ccc(Cl)c(S(=O)(=O)Nc2ccc(F)cc2)c1. The highest BCUT2D eigenvalue weighted by atomic mass is 35.5. The summed E-state index contributed by atoms with van der Waals surface area (Å²) in [5.74, 6) is -0.838. The molecule has 3 aromatic carbocycles. The van der Waals surface area contributed by atoms with Crippen LogP contribution in [0, 0.1) is 5.82 Å². The summed E-state index contributed by atoms with van der Waals surface area (Å²) in [5, 5.41) is -0.0295. The number of nitrogens with zero attached hydrogens (tertiary/aromatic N) is 2. The average molecular weight is 476 g/mol. The van der Waals surface area contributed by atoms with Crippen LogP contribution in [0.4, 0.5) is 15.8 Å². The zero-order valence-corrected chi connectivity index (χ0v) is 19.4. The maximum absolute atomic E-state index is 13.1. The van der Waals surface area contributed by atoms with Gasteiger partial charge in [0.25, 0.3) is 15.9 Å². The molecule has 0 saturated carbocycles. The molecule has 0 aliphatic heterocycles. The molecule has 0 aliphatic carbocycles. The van der Waals surface area contributed by atoms with Crippen LogP contribution in [-0.2, 0) is 16.6 Å². The highest BCUT2D eigenvalue weighted by Crippen LogP contribution is 2.26. The second-order valence-corrected chi connectivity index (χ2v) is 9.54.